The van der Waals surface area contributed by atoms with Gasteiger partial charge in [-0.2, -0.15) is 0 Å². The Bertz CT molecular complexity index is 543. The van der Waals surface area contributed by atoms with Gasteiger partial charge in [-0.25, -0.2) is 4.39 Å². The van der Waals surface area contributed by atoms with E-state index >= 15 is 0 Å². The Balaban J connectivity index is 2.08. The van der Waals surface area contributed by atoms with Gasteiger partial charge in [-0.05, 0) is 36.4 Å². The molecule has 106 valence electrons. The van der Waals surface area contributed by atoms with Crippen molar-refractivity contribution < 1.29 is 4.39 Å². The van der Waals surface area contributed by atoms with E-state index < -0.39 is 0 Å². The first-order chi connectivity index (χ1) is 9.70. The quantitative estimate of drug-likeness (QED) is 0.877. The maximum absolute atomic E-state index is 14.1. The predicted octanol–water partition coefficient (Wildman–Crippen LogP) is 2.97. The Morgan fingerprint density at radius 1 is 1.25 bits per heavy atom. The molecular weight excluding hydrogens is 253 g/mol. The van der Waals surface area contributed by atoms with E-state index in [1.165, 1.54) is 0 Å². The molecule has 20 heavy (non-hydrogen) atoms. The van der Waals surface area contributed by atoms with E-state index in [2.05, 4.69) is 10.3 Å². The molecule has 0 bridgehead atoms. The van der Waals surface area contributed by atoms with Crippen molar-refractivity contribution in [3.63, 3.8) is 0 Å². The normalized spacial score (nSPS) is 10.6. The predicted molar refractivity (Wildman–Crippen MR) is 80.1 cm³/mol. The molecular formula is C16H20FN3. The van der Waals surface area contributed by atoms with E-state index in [9.17, 15) is 4.39 Å². The van der Waals surface area contributed by atoms with E-state index in [0.29, 0.717) is 18.8 Å². The maximum atomic E-state index is 14.1. The zero-order valence-electron chi connectivity index (χ0n) is 11.9. The van der Waals surface area contributed by atoms with Crippen LogP contribution in [0.4, 0.5) is 10.1 Å². The minimum absolute atomic E-state index is 0.196. The number of anilines is 1. The second-order valence-corrected chi connectivity index (χ2v) is 4.74. The molecule has 1 heterocycles. The molecule has 0 saturated heterocycles. The lowest BCUT2D eigenvalue weighted by Crippen LogP contribution is -2.19. The smallest absolute Gasteiger partial charge is 0.146 e. The fourth-order valence-electron chi connectivity index (χ4n) is 2.06. The lowest BCUT2D eigenvalue weighted by molar-refractivity contribution is 0.616. The highest BCUT2D eigenvalue weighted by Gasteiger charge is 2.09. The van der Waals surface area contributed by atoms with E-state index in [1.807, 2.05) is 49.2 Å². The number of benzene rings is 1. The van der Waals surface area contributed by atoms with Crippen molar-refractivity contribution in [1.29, 1.82) is 0 Å². The van der Waals surface area contributed by atoms with Crippen LogP contribution in [-0.4, -0.2) is 18.6 Å². The zero-order valence-corrected chi connectivity index (χ0v) is 11.9. The summed E-state index contributed by atoms with van der Waals surface area (Å²) in [5, 5.41) is 3.19. The van der Waals surface area contributed by atoms with Crippen LogP contribution >= 0.6 is 0 Å². The number of hydrogen-bond acceptors (Lipinski definition) is 3. The van der Waals surface area contributed by atoms with Gasteiger partial charge in [0.25, 0.3) is 0 Å². The van der Waals surface area contributed by atoms with Gasteiger partial charge in [0, 0.05) is 19.8 Å². The molecule has 1 N–H and O–H groups in total. The van der Waals surface area contributed by atoms with Crippen molar-refractivity contribution in [3.8, 4) is 0 Å². The molecule has 0 amide bonds. The monoisotopic (exact) mass is 273 g/mol. The summed E-state index contributed by atoms with van der Waals surface area (Å²) < 4.78 is 14.1. The number of hydrogen-bond donors (Lipinski definition) is 1. The average Bonchev–Trinajstić information content (AvgIpc) is 2.46. The third-order valence-corrected chi connectivity index (χ3v) is 3.13. The molecule has 0 aliphatic rings. The SMILES string of the molecule is CCNCc1ccc(N(C)Cc2ccccn2)c(F)c1. The van der Waals surface area contributed by atoms with E-state index in [4.69, 9.17) is 0 Å². The highest BCUT2D eigenvalue weighted by atomic mass is 19.1. The molecule has 0 spiro atoms. The third-order valence-electron chi connectivity index (χ3n) is 3.13. The molecule has 1 aromatic heterocycles. The summed E-state index contributed by atoms with van der Waals surface area (Å²) >= 11 is 0. The molecule has 0 fully saturated rings. The molecule has 0 aliphatic heterocycles. The van der Waals surface area contributed by atoms with Gasteiger partial charge in [0.15, 0.2) is 0 Å². The van der Waals surface area contributed by atoms with Crippen LogP contribution in [0, 0.1) is 5.82 Å². The summed E-state index contributed by atoms with van der Waals surface area (Å²) in [7, 11) is 1.87. The third kappa shape index (κ3) is 3.78. The van der Waals surface area contributed by atoms with Gasteiger partial charge in [-0.3, -0.25) is 4.98 Å². The van der Waals surface area contributed by atoms with E-state index in [1.54, 1.807) is 12.3 Å². The van der Waals surface area contributed by atoms with Crippen LogP contribution in [0.15, 0.2) is 42.6 Å². The molecule has 0 aliphatic carbocycles. The highest BCUT2D eigenvalue weighted by Crippen LogP contribution is 2.20. The average molecular weight is 273 g/mol. The molecule has 0 saturated carbocycles. The number of halogens is 1. The van der Waals surface area contributed by atoms with Crippen LogP contribution in [0.5, 0.6) is 0 Å². The number of aromatic nitrogens is 1. The Morgan fingerprint density at radius 2 is 2.10 bits per heavy atom. The van der Waals surface area contributed by atoms with Gasteiger partial charge in [0.2, 0.25) is 0 Å². The van der Waals surface area contributed by atoms with Crippen molar-refractivity contribution in [2.45, 2.75) is 20.0 Å². The van der Waals surface area contributed by atoms with Crippen LogP contribution in [0.2, 0.25) is 0 Å². The molecule has 0 unspecified atom stereocenters. The summed E-state index contributed by atoms with van der Waals surface area (Å²) in [4.78, 5) is 6.13. The van der Waals surface area contributed by atoms with Crippen molar-refractivity contribution in [3.05, 3.63) is 59.7 Å². The summed E-state index contributed by atoms with van der Waals surface area (Å²) in [5.74, 6) is -0.196. The van der Waals surface area contributed by atoms with Crippen LogP contribution in [0.1, 0.15) is 18.2 Å². The van der Waals surface area contributed by atoms with Crippen molar-refractivity contribution in [1.82, 2.24) is 10.3 Å². The van der Waals surface area contributed by atoms with Gasteiger partial charge in [0.05, 0.1) is 17.9 Å². The van der Waals surface area contributed by atoms with Gasteiger partial charge in [-0.15, -0.1) is 0 Å². The van der Waals surface area contributed by atoms with Crippen molar-refractivity contribution in [2.75, 3.05) is 18.5 Å². The first-order valence-corrected chi connectivity index (χ1v) is 6.81. The molecule has 2 rings (SSSR count). The molecule has 4 heteroatoms. The summed E-state index contributed by atoms with van der Waals surface area (Å²) in [6.07, 6.45) is 1.75. The van der Waals surface area contributed by atoms with Crippen molar-refractivity contribution in [2.24, 2.45) is 0 Å². The minimum atomic E-state index is -0.196. The molecule has 0 atom stereocenters. The second kappa shape index (κ2) is 7.01. The Morgan fingerprint density at radius 3 is 2.75 bits per heavy atom. The van der Waals surface area contributed by atoms with Gasteiger partial charge in [0.1, 0.15) is 5.82 Å². The molecule has 3 nitrogen and oxygen atoms in total. The van der Waals surface area contributed by atoms with Gasteiger partial charge < -0.3 is 10.2 Å². The minimum Gasteiger partial charge on any atom is -0.366 e. The number of nitrogens with zero attached hydrogens (tertiary/aromatic N) is 2. The van der Waals surface area contributed by atoms with Crippen LogP contribution in [0.25, 0.3) is 0 Å². The zero-order chi connectivity index (χ0) is 14.4. The van der Waals surface area contributed by atoms with Crippen LogP contribution in [0.3, 0.4) is 0 Å². The number of pyridine rings is 1. The summed E-state index contributed by atoms with van der Waals surface area (Å²) in [5.41, 5.74) is 2.47. The van der Waals surface area contributed by atoms with Gasteiger partial charge >= 0.3 is 0 Å². The lowest BCUT2D eigenvalue weighted by Gasteiger charge is -2.20. The fourth-order valence-corrected chi connectivity index (χ4v) is 2.06. The largest absolute Gasteiger partial charge is 0.366 e. The van der Waals surface area contributed by atoms with Crippen LogP contribution < -0.4 is 10.2 Å². The second-order valence-electron chi connectivity index (χ2n) is 4.74. The topological polar surface area (TPSA) is 28.2 Å². The lowest BCUT2D eigenvalue weighted by atomic mass is 10.1. The van der Waals surface area contributed by atoms with Crippen LogP contribution in [-0.2, 0) is 13.1 Å². The Kier molecular flexibility index (Phi) is 5.07. The summed E-state index contributed by atoms with van der Waals surface area (Å²) in [6, 6.07) is 11.1. The fraction of sp³-hybridized carbons (Fsp3) is 0.312. The standard InChI is InChI=1S/C16H20FN3/c1-3-18-11-13-7-8-16(15(17)10-13)20(2)12-14-6-4-5-9-19-14/h4-10,18H,3,11-12H2,1-2H3. The van der Waals surface area contributed by atoms with Crippen molar-refractivity contribution >= 4 is 5.69 Å². The first-order valence-electron chi connectivity index (χ1n) is 6.81. The Hall–Kier alpha value is -1.94. The maximum Gasteiger partial charge on any atom is 0.146 e. The number of nitrogens with one attached hydrogen (secondary N) is 1. The van der Waals surface area contributed by atoms with E-state index in [0.717, 1.165) is 17.8 Å². The van der Waals surface area contributed by atoms with E-state index in [-0.39, 0.29) is 5.82 Å². The molecule has 2 aromatic rings. The Labute approximate surface area is 119 Å². The highest BCUT2D eigenvalue weighted by molar-refractivity contribution is 5.48. The summed E-state index contributed by atoms with van der Waals surface area (Å²) in [6.45, 7) is 4.19. The number of rotatable bonds is 6. The molecule has 0 radical (unpaired) electrons. The first kappa shape index (κ1) is 14.5. The molecule has 1 aromatic carbocycles. The van der Waals surface area contributed by atoms with Gasteiger partial charge in [-0.1, -0.05) is 19.1 Å².